The van der Waals surface area contributed by atoms with Crippen LogP contribution in [-0.2, 0) is 0 Å². The Morgan fingerprint density at radius 2 is 0.935 bits per heavy atom. The maximum absolute atomic E-state index is 2.51. The number of benzene rings is 5. The summed E-state index contributed by atoms with van der Waals surface area (Å²) >= 11 is 0. The van der Waals surface area contributed by atoms with Gasteiger partial charge in [-0.3, -0.25) is 0 Å². The van der Waals surface area contributed by atoms with Crippen molar-refractivity contribution in [3.8, 4) is 0 Å². The minimum Gasteiger partial charge on any atom is -0.0623 e. The van der Waals surface area contributed by atoms with Gasteiger partial charge in [0.05, 0.1) is 0 Å². The third-order valence-corrected chi connectivity index (χ3v) is 10.4. The molecule has 1 aliphatic heterocycles. The highest BCUT2D eigenvalue weighted by atomic mass is 28.3. The Balaban J connectivity index is 1.80. The lowest BCUT2D eigenvalue weighted by atomic mass is 9.91. The van der Waals surface area contributed by atoms with Crippen LogP contribution in [0.15, 0.2) is 109 Å². The van der Waals surface area contributed by atoms with E-state index < -0.39 is 8.07 Å². The quantitative estimate of drug-likeness (QED) is 0.265. The predicted molar refractivity (Wildman–Crippen MR) is 137 cm³/mol. The maximum atomic E-state index is 2.51. The van der Waals surface area contributed by atoms with E-state index in [0.717, 1.165) is 0 Å². The molecule has 0 atom stereocenters. The molecule has 0 amide bonds. The molecular weight excluding hydrogens is 388 g/mol. The molecular formula is C30H24Si. The molecule has 0 fully saturated rings. The summed E-state index contributed by atoms with van der Waals surface area (Å²) in [6.07, 6.45) is 0. The Morgan fingerprint density at radius 3 is 1.65 bits per heavy atom. The van der Waals surface area contributed by atoms with Crippen LogP contribution in [0.25, 0.3) is 32.3 Å². The molecule has 0 radical (unpaired) electrons. The third kappa shape index (κ3) is 2.67. The summed E-state index contributed by atoms with van der Waals surface area (Å²) in [5, 5.41) is 8.40. The number of hydrogen-bond acceptors (Lipinski definition) is 0. The van der Waals surface area contributed by atoms with Gasteiger partial charge in [0.1, 0.15) is 8.07 Å². The lowest BCUT2D eigenvalue weighted by Crippen LogP contribution is -2.40. The molecule has 0 unspecified atom stereocenters. The summed E-state index contributed by atoms with van der Waals surface area (Å²) < 4.78 is 0. The summed E-state index contributed by atoms with van der Waals surface area (Å²) in [5.74, 6) is 0. The first-order valence-corrected chi connectivity index (χ1v) is 14.0. The van der Waals surface area contributed by atoms with Gasteiger partial charge in [-0.2, -0.15) is 0 Å². The maximum Gasteiger partial charge on any atom is 0.114 e. The topological polar surface area (TPSA) is 0 Å². The second kappa shape index (κ2) is 6.80. The van der Waals surface area contributed by atoms with Crippen LogP contribution < -0.4 is 5.19 Å². The van der Waals surface area contributed by atoms with E-state index in [1.165, 1.54) is 43.8 Å². The average molecular weight is 413 g/mol. The second-order valence-corrected chi connectivity index (χ2v) is 13.3. The average Bonchev–Trinajstić information content (AvgIpc) is 3.05. The molecule has 0 aliphatic carbocycles. The molecule has 1 aliphatic rings. The van der Waals surface area contributed by atoms with Gasteiger partial charge >= 0.3 is 0 Å². The van der Waals surface area contributed by atoms with Gasteiger partial charge in [-0.25, -0.2) is 0 Å². The van der Waals surface area contributed by atoms with Crippen LogP contribution in [0.3, 0.4) is 0 Å². The molecule has 0 N–H and O–H groups in total. The SMILES string of the molecule is C[Si]1(C)C(c2cccc3ccccc23)=C(c2cccc3ccccc23)c2ccccc21. The molecule has 0 bridgehead atoms. The van der Waals surface area contributed by atoms with Crippen LogP contribution in [0.1, 0.15) is 16.7 Å². The molecule has 1 heteroatoms. The summed E-state index contributed by atoms with van der Waals surface area (Å²) in [6, 6.07) is 40.2. The van der Waals surface area contributed by atoms with E-state index in [1.54, 1.807) is 10.4 Å². The fourth-order valence-corrected chi connectivity index (χ4v) is 8.92. The first kappa shape index (κ1) is 18.4. The first-order valence-electron chi connectivity index (χ1n) is 11.0. The highest BCUT2D eigenvalue weighted by Gasteiger charge is 2.41. The Labute approximate surface area is 184 Å². The Hall–Kier alpha value is -3.42. The highest BCUT2D eigenvalue weighted by molar-refractivity contribution is 7.08. The van der Waals surface area contributed by atoms with Crippen molar-refractivity contribution in [2.24, 2.45) is 0 Å². The molecule has 0 aromatic heterocycles. The summed E-state index contributed by atoms with van der Waals surface area (Å²) in [7, 11) is -1.90. The second-order valence-electron chi connectivity index (χ2n) is 8.97. The molecule has 0 saturated heterocycles. The molecule has 0 spiro atoms. The van der Waals surface area contributed by atoms with Crippen molar-refractivity contribution in [3.05, 3.63) is 126 Å². The van der Waals surface area contributed by atoms with Gasteiger partial charge < -0.3 is 0 Å². The lowest BCUT2D eigenvalue weighted by molar-refractivity contribution is 1.62. The van der Waals surface area contributed by atoms with E-state index in [2.05, 4.69) is 122 Å². The van der Waals surface area contributed by atoms with Crippen molar-refractivity contribution in [2.75, 3.05) is 0 Å². The Bertz CT molecular complexity index is 1490. The van der Waals surface area contributed by atoms with Gasteiger partial charge in [0, 0.05) is 0 Å². The van der Waals surface area contributed by atoms with E-state index in [0.29, 0.717) is 0 Å². The minimum atomic E-state index is -1.90. The van der Waals surface area contributed by atoms with Crippen LogP contribution in [-0.4, -0.2) is 8.07 Å². The molecule has 5 aromatic carbocycles. The van der Waals surface area contributed by atoms with Crippen LogP contribution >= 0.6 is 0 Å². The number of rotatable bonds is 2. The minimum absolute atomic E-state index is 1.30. The van der Waals surface area contributed by atoms with Crippen molar-refractivity contribution in [3.63, 3.8) is 0 Å². The van der Waals surface area contributed by atoms with Gasteiger partial charge in [-0.1, -0.05) is 122 Å². The van der Waals surface area contributed by atoms with Crippen LogP contribution in [0.2, 0.25) is 13.1 Å². The van der Waals surface area contributed by atoms with Gasteiger partial charge in [0.2, 0.25) is 0 Å². The van der Waals surface area contributed by atoms with Crippen molar-refractivity contribution < 1.29 is 0 Å². The zero-order valence-electron chi connectivity index (χ0n) is 17.9. The smallest absolute Gasteiger partial charge is 0.0623 e. The zero-order chi connectivity index (χ0) is 21.0. The largest absolute Gasteiger partial charge is 0.114 e. The summed E-state index contributed by atoms with van der Waals surface area (Å²) in [4.78, 5) is 0. The lowest BCUT2D eigenvalue weighted by Gasteiger charge is -2.24. The highest BCUT2D eigenvalue weighted by Crippen LogP contribution is 2.46. The normalized spacial score (nSPS) is 14.9. The van der Waals surface area contributed by atoms with Crippen LogP contribution in [0.5, 0.6) is 0 Å². The fourth-order valence-electron chi connectivity index (χ4n) is 5.47. The van der Waals surface area contributed by atoms with E-state index in [9.17, 15) is 0 Å². The molecule has 0 saturated carbocycles. The zero-order valence-corrected chi connectivity index (χ0v) is 18.9. The summed E-state index contributed by atoms with van der Waals surface area (Å²) in [6.45, 7) is 5.03. The van der Waals surface area contributed by atoms with Gasteiger partial charge in [0.25, 0.3) is 0 Å². The van der Waals surface area contributed by atoms with Gasteiger partial charge in [-0.05, 0) is 54.2 Å². The predicted octanol–water partition coefficient (Wildman–Crippen LogP) is 7.42. The van der Waals surface area contributed by atoms with E-state index in [-0.39, 0.29) is 0 Å². The molecule has 1 heterocycles. The Morgan fingerprint density at radius 1 is 0.452 bits per heavy atom. The molecule has 5 aromatic rings. The van der Waals surface area contributed by atoms with E-state index in [1.807, 2.05) is 0 Å². The van der Waals surface area contributed by atoms with Crippen molar-refractivity contribution in [1.82, 2.24) is 0 Å². The number of hydrogen-bond donors (Lipinski definition) is 0. The van der Waals surface area contributed by atoms with Crippen molar-refractivity contribution in [1.29, 1.82) is 0 Å². The first-order chi connectivity index (χ1) is 15.2. The van der Waals surface area contributed by atoms with Crippen LogP contribution in [0, 0.1) is 0 Å². The summed E-state index contributed by atoms with van der Waals surface area (Å²) in [5.41, 5.74) is 5.60. The molecule has 6 rings (SSSR count). The molecule has 148 valence electrons. The monoisotopic (exact) mass is 412 g/mol. The van der Waals surface area contributed by atoms with Gasteiger partial charge in [-0.15, -0.1) is 0 Å². The van der Waals surface area contributed by atoms with Crippen molar-refractivity contribution in [2.45, 2.75) is 13.1 Å². The fraction of sp³-hybridized carbons (Fsp3) is 0.0667. The molecule has 0 nitrogen and oxygen atoms in total. The van der Waals surface area contributed by atoms with E-state index >= 15 is 0 Å². The van der Waals surface area contributed by atoms with Crippen molar-refractivity contribution >= 4 is 45.6 Å². The standard InChI is InChI=1S/C30H24Si/c1-31(2)28-20-8-7-17-27(28)29(25-18-9-13-21-11-3-5-15-23(21)25)30(31)26-19-10-14-22-12-4-6-16-24(22)26/h3-20H,1-2H3. The number of fused-ring (bicyclic) bond motifs is 3. The van der Waals surface area contributed by atoms with Gasteiger partial charge in [0.15, 0.2) is 0 Å². The van der Waals surface area contributed by atoms with Crippen LogP contribution in [0.4, 0.5) is 0 Å². The van der Waals surface area contributed by atoms with E-state index in [4.69, 9.17) is 0 Å². The third-order valence-electron chi connectivity index (χ3n) is 6.86. The molecule has 31 heavy (non-hydrogen) atoms. The Kier molecular flexibility index (Phi) is 4.02.